The van der Waals surface area contributed by atoms with Gasteiger partial charge in [0.05, 0.1) is 16.9 Å². The zero-order valence-corrected chi connectivity index (χ0v) is 15.1. The highest BCUT2D eigenvalue weighted by Crippen LogP contribution is 2.44. The van der Waals surface area contributed by atoms with Crippen LogP contribution in [0.3, 0.4) is 0 Å². The summed E-state index contributed by atoms with van der Waals surface area (Å²) in [6.07, 6.45) is 2.90. The number of nitrogens with one attached hydrogen (secondary N) is 1. The number of amides is 1. The summed E-state index contributed by atoms with van der Waals surface area (Å²) in [5, 5.41) is 3.08. The zero-order chi connectivity index (χ0) is 17.2. The van der Waals surface area contributed by atoms with Crippen molar-refractivity contribution < 1.29 is 13.2 Å². The van der Waals surface area contributed by atoms with Gasteiger partial charge in [-0.05, 0) is 25.3 Å². The van der Waals surface area contributed by atoms with E-state index in [1.807, 2.05) is 6.07 Å². The van der Waals surface area contributed by atoms with Crippen molar-refractivity contribution in [2.45, 2.75) is 31.6 Å². The maximum atomic E-state index is 12.8. The van der Waals surface area contributed by atoms with Crippen LogP contribution in [0.5, 0.6) is 0 Å². The Hall–Kier alpha value is -1.40. The molecule has 1 aromatic rings. The highest BCUT2D eigenvalue weighted by molar-refractivity contribution is 7.91. The van der Waals surface area contributed by atoms with Crippen LogP contribution < -0.4 is 5.32 Å². The number of hydrogen-bond acceptors (Lipinski definition) is 4. The molecule has 0 spiro atoms. The van der Waals surface area contributed by atoms with Crippen molar-refractivity contribution in [2.24, 2.45) is 0 Å². The van der Waals surface area contributed by atoms with Crippen molar-refractivity contribution in [1.29, 1.82) is 0 Å². The molecule has 2 fully saturated rings. The third kappa shape index (κ3) is 3.64. The second-order valence-electron chi connectivity index (χ2n) is 7.05. The minimum Gasteiger partial charge on any atom is -0.354 e. The second kappa shape index (κ2) is 6.84. The van der Waals surface area contributed by atoms with Gasteiger partial charge < -0.3 is 5.32 Å². The summed E-state index contributed by atoms with van der Waals surface area (Å²) >= 11 is 0. The van der Waals surface area contributed by atoms with Crippen molar-refractivity contribution in [2.75, 3.05) is 37.7 Å². The molecule has 0 bridgehead atoms. The first-order valence-corrected chi connectivity index (χ1v) is 10.5. The van der Waals surface area contributed by atoms with E-state index in [9.17, 15) is 13.2 Å². The molecule has 24 heavy (non-hydrogen) atoms. The molecule has 5 nitrogen and oxygen atoms in total. The van der Waals surface area contributed by atoms with Gasteiger partial charge in [0.15, 0.2) is 9.84 Å². The van der Waals surface area contributed by atoms with Crippen molar-refractivity contribution >= 4 is 15.7 Å². The number of aryl methyl sites for hydroxylation is 1. The molecule has 1 heterocycles. The van der Waals surface area contributed by atoms with Crippen molar-refractivity contribution in [3.05, 3.63) is 35.4 Å². The van der Waals surface area contributed by atoms with Gasteiger partial charge >= 0.3 is 0 Å². The van der Waals surface area contributed by atoms with Crippen LogP contribution >= 0.6 is 0 Å². The summed E-state index contributed by atoms with van der Waals surface area (Å²) in [7, 11) is -2.84. The number of hydrogen-bond donors (Lipinski definition) is 1. The normalized spacial score (nSPS) is 22.5. The maximum absolute atomic E-state index is 12.8. The fraction of sp³-hybridized carbons (Fsp3) is 0.611. The lowest BCUT2D eigenvalue weighted by atomic mass is 9.63. The molecule has 3 rings (SSSR count). The van der Waals surface area contributed by atoms with Gasteiger partial charge in [-0.25, -0.2) is 8.42 Å². The van der Waals surface area contributed by atoms with Crippen LogP contribution in [0.1, 0.15) is 30.4 Å². The molecule has 2 aliphatic rings. The number of nitrogens with zero attached hydrogens (tertiary/aromatic N) is 1. The molecule has 0 aromatic heterocycles. The highest BCUT2D eigenvalue weighted by atomic mass is 32.2. The third-order valence-electron chi connectivity index (χ3n) is 5.36. The summed E-state index contributed by atoms with van der Waals surface area (Å²) in [5.74, 6) is 0.575. The first kappa shape index (κ1) is 17.4. The summed E-state index contributed by atoms with van der Waals surface area (Å²) in [4.78, 5) is 14.9. The van der Waals surface area contributed by atoms with E-state index in [1.165, 1.54) is 5.56 Å². The lowest BCUT2D eigenvalue weighted by molar-refractivity contribution is -0.130. The van der Waals surface area contributed by atoms with Crippen molar-refractivity contribution in [1.82, 2.24) is 10.2 Å². The van der Waals surface area contributed by atoms with Crippen LogP contribution in [0.15, 0.2) is 24.3 Å². The molecule has 1 aliphatic carbocycles. The average Bonchev–Trinajstić information content (AvgIpc) is 2.48. The number of benzene rings is 1. The number of rotatable bonds is 5. The Morgan fingerprint density at radius 3 is 2.54 bits per heavy atom. The van der Waals surface area contributed by atoms with E-state index in [2.05, 4.69) is 35.3 Å². The van der Waals surface area contributed by atoms with E-state index in [0.717, 1.165) is 24.8 Å². The highest BCUT2D eigenvalue weighted by Gasteiger charge is 2.45. The van der Waals surface area contributed by atoms with Crippen LogP contribution in [0.4, 0.5) is 0 Å². The van der Waals surface area contributed by atoms with Gasteiger partial charge in [-0.1, -0.05) is 36.2 Å². The van der Waals surface area contributed by atoms with Crippen molar-refractivity contribution in [3.63, 3.8) is 0 Å². The number of sulfone groups is 1. The molecule has 0 radical (unpaired) electrons. The SMILES string of the molecule is Cc1cccc(C2(C(=O)NCCN3CCS(=O)(=O)CC3)CCC2)c1. The molecule has 6 heteroatoms. The van der Waals surface area contributed by atoms with Crippen LogP contribution in [-0.4, -0.2) is 56.9 Å². The van der Waals surface area contributed by atoms with Gasteiger partial charge in [-0.2, -0.15) is 0 Å². The molecule has 132 valence electrons. The molecule has 1 saturated heterocycles. The largest absolute Gasteiger partial charge is 0.354 e. The Labute approximate surface area is 144 Å². The Morgan fingerprint density at radius 1 is 1.25 bits per heavy atom. The van der Waals surface area contributed by atoms with Gasteiger partial charge in [0.2, 0.25) is 5.91 Å². The van der Waals surface area contributed by atoms with Gasteiger partial charge in [0.1, 0.15) is 0 Å². The molecular formula is C18H26N2O3S. The van der Waals surface area contributed by atoms with Gasteiger partial charge in [0, 0.05) is 26.2 Å². The molecule has 0 unspecified atom stereocenters. The first-order valence-electron chi connectivity index (χ1n) is 8.70. The summed E-state index contributed by atoms with van der Waals surface area (Å²) < 4.78 is 22.9. The van der Waals surface area contributed by atoms with E-state index < -0.39 is 9.84 Å². The molecule has 1 amide bonds. The predicted molar refractivity (Wildman–Crippen MR) is 94.8 cm³/mol. The van der Waals surface area contributed by atoms with Crippen LogP contribution in [-0.2, 0) is 20.0 Å². The first-order chi connectivity index (χ1) is 11.4. The van der Waals surface area contributed by atoms with Gasteiger partial charge in [0.25, 0.3) is 0 Å². The molecular weight excluding hydrogens is 324 g/mol. The van der Waals surface area contributed by atoms with Crippen molar-refractivity contribution in [3.8, 4) is 0 Å². The fourth-order valence-corrected chi connectivity index (χ4v) is 4.87. The summed E-state index contributed by atoms with van der Waals surface area (Å²) in [6, 6.07) is 8.25. The Morgan fingerprint density at radius 2 is 1.96 bits per heavy atom. The predicted octanol–water partition coefficient (Wildman–Crippen LogP) is 1.26. The minimum absolute atomic E-state index is 0.115. The second-order valence-corrected chi connectivity index (χ2v) is 9.36. The molecule has 1 saturated carbocycles. The van der Waals surface area contributed by atoms with E-state index in [0.29, 0.717) is 26.2 Å². The summed E-state index contributed by atoms with van der Waals surface area (Å²) in [5.41, 5.74) is 1.94. The molecule has 1 N–H and O–H groups in total. The van der Waals surface area contributed by atoms with Crippen LogP contribution in [0, 0.1) is 6.92 Å². The molecule has 1 aromatic carbocycles. The van der Waals surface area contributed by atoms with E-state index in [4.69, 9.17) is 0 Å². The smallest absolute Gasteiger partial charge is 0.230 e. The van der Waals surface area contributed by atoms with E-state index in [1.54, 1.807) is 0 Å². The topological polar surface area (TPSA) is 66.5 Å². The Balaban J connectivity index is 1.54. The maximum Gasteiger partial charge on any atom is 0.230 e. The van der Waals surface area contributed by atoms with E-state index in [-0.39, 0.29) is 22.8 Å². The lowest BCUT2D eigenvalue weighted by Crippen LogP contribution is -2.51. The van der Waals surface area contributed by atoms with Gasteiger partial charge in [-0.3, -0.25) is 9.69 Å². The Bertz CT molecular complexity index is 697. The molecule has 1 aliphatic heterocycles. The average molecular weight is 350 g/mol. The van der Waals surface area contributed by atoms with E-state index >= 15 is 0 Å². The minimum atomic E-state index is -2.84. The molecule has 0 atom stereocenters. The number of carbonyl (C=O) groups is 1. The van der Waals surface area contributed by atoms with Crippen LogP contribution in [0.25, 0.3) is 0 Å². The Kier molecular flexibility index (Phi) is 4.97. The quantitative estimate of drug-likeness (QED) is 0.868. The van der Waals surface area contributed by atoms with Gasteiger partial charge in [-0.15, -0.1) is 0 Å². The van der Waals surface area contributed by atoms with Crippen LogP contribution in [0.2, 0.25) is 0 Å². The summed E-state index contributed by atoms with van der Waals surface area (Å²) in [6.45, 7) is 4.48. The third-order valence-corrected chi connectivity index (χ3v) is 6.97. The fourth-order valence-electron chi connectivity index (χ4n) is 3.59. The monoisotopic (exact) mass is 350 g/mol. The lowest BCUT2D eigenvalue weighted by Gasteiger charge is -2.41. The zero-order valence-electron chi connectivity index (χ0n) is 14.3. The standard InChI is InChI=1S/C18H26N2O3S/c1-15-4-2-5-16(14-15)18(6-3-7-18)17(21)19-8-9-20-10-12-24(22,23)13-11-20/h2,4-5,14H,3,6-13H2,1H3,(H,19,21). The number of carbonyl (C=O) groups excluding carboxylic acids is 1.